The number of benzene rings is 1. The lowest BCUT2D eigenvalue weighted by atomic mass is 10.0. The Morgan fingerprint density at radius 3 is 2.61 bits per heavy atom. The molecule has 0 radical (unpaired) electrons. The molecule has 0 bridgehead atoms. The van der Waals surface area contributed by atoms with E-state index < -0.39 is 11.6 Å². The van der Waals surface area contributed by atoms with Crippen LogP contribution in [-0.4, -0.2) is 7.05 Å². The second kappa shape index (κ2) is 5.47. The van der Waals surface area contributed by atoms with Gasteiger partial charge in [-0.25, -0.2) is 8.78 Å². The van der Waals surface area contributed by atoms with Gasteiger partial charge in [0, 0.05) is 4.88 Å². The second-order valence-electron chi connectivity index (χ2n) is 3.98. The highest BCUT2D eigenvalue weighted by Gasteiger charge is 2.20. The molecule has 1 N–H and O–H groups in total. The summed E-state index contributed by atoms with van der Waals surface area (Å²) in [5.74, 6) is -1.69. The lowest BCUT2D eigenvalue weighted by Crippen LogP contribution is -2.18. The first-order chi connectivity index (χ1) is 8.54. The first kappa shape index (κ1) is 13.6. The van der Waals surface area contributed by atoms with E-state index >= 15 is 0 Å². The summed E-state index contributed by atoms with van der Waals surface area (Å²) in [7, 11) is 1.80. The van der Waals surface area contributed by atoms with Gasteiger partial charge in [0.15, 0.2) is 11.6 Å². The Morgan fingerprint density at radius 2 is 2.06 bits per heavy atom. The molecular weight excluding hydrogens is 320 g/mol. The fourth-order valence-corrected chi connectivity index (χ4v) is 3.16. The molecular formula is C13H12BrF2NS. The third kappa shape index (κ3) is 2.48. The average Bonchev–Trinajstić information content (AvgIpc) is 2.77. The SMILES string of the molecule is CNC(c1csc(C)c1)c1ccc(F)c(F)c1Br. The Bertz CT molecular complexity index is 568. The maximum absolute atomic E-state index is 13.6. The van der Waals surface area contributed by atoms with Gasteiger partial charge in [-0.3, -0.25) is 0 Å². The molecule has 0 aliphatic heterocycles. The molecule has 2 rings (SSSR count). The summed E-state index contributed by atoms with van der Waals surface area (Å²) in [6, 6.07) is 4.63. The highest BCUT2D eigenvalue weighted by molar-refractivity contribution is 9.10. The highest BCUT2D eigenvalue weighted by atomic mass is 79.9. The molecule has 18 heavy (non-hydrogen) atoms. The van der Waals surface area contributed by atoms with Crippen molar-refractivity contribution >= 4 is 27.3 Å². The van der Waals surface area contributed by atoms with Crippen molar-refractivity contribution in [1.29, 1.82) is 0 Å². The molecule has 0 saturated heterocycles. The molecule has 0 aliphatic rings. The topological polar surface area (TPSA) is 12.0 Å². The predicted molar refractivity (Wildman–Crippen MR) is 74.0 cm³/mol. The molecule has 0 spiro atoms. The molecule has 0 aliphatic carbocycles. The van der Waals surface area contributed by atoms with E-state index in [1.165, 1.54) is 4.88 Å². The summed E-state index contributed by atoms with van der Waals surface area (Å²) in [5.41, 5.74) is 1.74. The summed E-state index contributed by atoms with van der Waals surface area (Å²) in [6.45, 7) is 2.02. The monoisotopic (exact) mass is 331 g/mol. The van der Waals surface area contributed by atoms with Crippen LogP contribution in [0.25, 0.3) is 0 Å². The Balaban J connectivity index is 2.49. The first-order valence-corrected chi connectivity index (χ1v) is 7.07. The molecule has 1 unspecified atom stereocenters. The van der Waals surface area contributed by atoms with Crippen molar-refractivity contribution in [3.63, 3.8) is 0 Å². The molecule has 1 atom stereocenters. The van der Waals surface area contributed by atoms with Crippen molar-refractivity contribution in [3.05, 3.63) is 55.7 Å². The number of thiophene rings is 1. The lowest BCUT2D eigenvalue weighted by molar-refractivity contribution is 0.499. The van der Waals surface area contributed by atoms with Crippen LogP contribution in [0.3, 0.4) is 0 Å². The van der Waals surface area contributed by atoms with Crippen molar-refractivity contribution in [2.45, 2.75) is 13.0 Å². The molecule has 1 nitrogen and oxygen atoms in total. The molecule has 1 aromatic heterocycles. The molecule has 1 aromatic carbocycles. The highest BCUT2D eigenvalue weighted by Crippen LogP contribution is 2.33. The molecule has 0 amide bonds. The average molecular weight is 332 g/mol. The third-order valence-electron chi connectivity index (χ3n) is 2.75. The fraction of sp³-hybridized carbons (Fsp3) is 0.231. The van der Waals surface area contributed by atoms with Gasteiger partial charge in [-0.15, -0.1) is 11.3 Å². The van der Waals surface area contributed by atoms with Crippen molar-refractivity contribution < 1.29 is 8.78 Å². The van der Waals surface area contributed by atoms with Crippen LogP contribution in [0, 0.1) is 18.6 Å². The van der Waals surface area contributed by atoms with E-state index in [0.717, 1.165) is 11.6 Å². The fourth-order valence-electron chi connectivity index (χ4n) is 1.88. The van der Waals surface area contributed by atoms with Gasteiger partial charge >= 0.3 is 0 Å². The van der Waals surface area contributed by atoms with Gasteiger partial charge in [-0.05, 0) is 58.5 Å². The van der Waals surface area contributed by atoms with Gasteiger partial charge in [-0.1, -0.05) is 6.07 Å². The van der Waals surface area contributed by atoms with Crippen LogP contribution in [0.15, 0.2) is 28.1 Å². The van der Waals surface area contributed by atoms with E-state index in [9.17, 15) is 8.78 Å². The van der Waals surface area contributed by atoms with Crippen molar-refractivity contribution in [1.82, 2.24) is 5.32 Å². The quantitative estimate of drug-likeness (QED) is 0.821. The zero-order valence-corrected chi connectivity index (χ0v) is 12.3. The Hall–Kier alpha value is -0.780. The van der Waals surface area contributed by atoms with Crippen LogP contribution in [0.1, 0.15) is 22.0 Å². The van der Waals surface area contributed by atoms with Crippen LogP contribution < -0.4 is 5.32 Å². The second-order valence-corrected chi connectivity index (χ2v) is 5.89. The Kier molecular flexibility index (Phi) is 4.14. The van der Waals surface area contributed by atoms with E-state index in [1.54, 1.807) is 24.5 Å². The van der Waals surface area contributed by atoms with E-state index in [-0.39, 0.29) is 10.5 Å². The van der Waals surface area contributed by atoms with Gasteiger partial charge in [0.05, 0.1) is 10.5 Å². The van der Waals surface area contributed by atoms with Gasteiger partial charge in [0.2, 0.25) is 0 Å². The smallest absolute Gasteiger partial charge is 0.173 e. The Labute approximate surface area is 117 Å². The maximum atomic E-state index is 13.6. The zero-order chi connectivity index (χ0) is 13.3. The van der Waals surface area contributed by atoms with Crippen molar-refractivity contribution in [2.24, 2.45) is 0 Å². The predicted octanol–water partition coefficient (Wildman–Crippen LogP) is 4.41. The number of halogens is 3. The first-order valence-electron chi connectivity index (χ1n) is 5.40. The molecule has 0 fully saturated rings. The largest absolute Gasteiger partial charge is 0.309 e. The van der Waals surface area contributed by atoms with Crippen LogP contribution in [0.5, 0.6) is 0 Å². The van der Waals surface area contributed by atoms with Crippen LogP contribution >= 0.6 is 27.3 Å². The van der Waals surface area contributed by atoms with Crippen LogP contribution in [0.2, 0.25) is 0 Å². The Morgan fingerprint density at radius 1 is 1.33 bits per heavy atom. The maximum Gasteiger partial charge on any atom is 0.173 e. The van der Waals surface area contributed by atoms with Crippen molar-refractivity contribution in [3.8, 4) is 0 Å². The number of hydrogen-bond donors (Lipinski definition) is 1. The van der Waals surface area contributed by atoms with Gasteiger partial charge in [0.25, 0.3) is 0 Å². The summed E-state index contributed by atoms with van der Waals surface area (Å²) in [5, 5.41) is 5.14. The number of aryl methyl sites for hydroxylation is 1. The zero-order valence-electron chi connectivity index (χ0n) is 9.93. The summed E-state index contributed by atoms with van der Waals surface area (Å²) in [4.78, 5) is 1.18. The normalized spacial score (nSPS) is 12.7. The van der Waals surface area contributed by atoms with Crippen molar-refractivity contribution in [2.75, 3.05) is 7.05 Å². The summed E-state index contributed by atoms with van der Waals surface area (Å²) >= 11 is 4.76. The van der Waals surface area contributed by atoms with Gasteiger partial charge < -0.3 is 5.32 Å². The van der Waals surface area contributed by atoms with E-state index in [0.29, 0.717) is 5.56 Å². The lowest BCUT2D eigenvalue weighted by Gasteiger charge is -2.17. The molecule has 1 heterocycles. The molecule has 5 heteroatoms. The minimum atomic E-state index is -0.847. The summed E-state index contributed by atoms with van der Waals surface area (Å²) in [6.07, 6.45) is 0. The number of nitrogens with one attached hydrogen (secondary N) is 1. The minimum Gasteiger partial charge on any atom is -0.309 e. The number of rotatable bonds is 3. The van der Waals surface area contributed by atoms with Gasteiger partial charge in [0.1, 0.15) is 0 Å². The number of hydrogen-bond acceptors (Lipinski definition) is 2. The van der Waals surface area contributed by atoms with Gasteiger partial charge in [-0.2, -0.15) is 0 Å². The minimum absolute atomic E-state index is 0.153. The van der Waals surface area contributed by atoms with E-state index in [2.05, 4.69) is 21.2 Å². The molecule has 0 saturated carbocycles. The summed E-state index contributed by atoms with van der Waals surface area (Å²) < 4.78 is 26.8. The van der Waals surface area contributed by atoms with E-state index in [4.69, 9.17) is 0 Å². The molecule has 2 aromatic rings. The third-order valence-corrected chi connectivity index (χ3v) is 4.43. The standard InChI is InChI=1S/C13H12BrF2NS/c1-7-5-8(6-18-7)13(17-2)9-3-4-10(15)12(16)11(9)14/h3-6,13,17H,1-2H3. The molecule has 96 valence electrons. The van der Waals surface area contributed by atoms with E-state index in [1.807, 2.05) is 18.4 Å². The van der Waals surface area contributed by atoms with Crippen LogP contribution in [-0.2, 0) is 0 Å². The van der Waals surface area contributed by atoms with Crippen LogP contribution in [0.4, 0.5) is 8.78 Å².